The highest BCUT2D eigenvalue weighted by Gasteiger charge is 2.25. The molecule has 0 amide bonds. The van der Waals surface area contributed by atoms with Gasteiger partial charge in [0.15, 0.2) is 0 Å². The lowest BCUT2D eigenvalue weighted by Gasteiger charge is -2.33. The van der Waals surface area contributed by atoms with Crippen molar-refractivity contribution in [2.24, 2.45) is 11.8 Å². The minimum Gasteiger partial charge on any atom is -0.367 e. The molecule has 1 heterocycles. The zero-order chi connectivity index (χ0) is 10.7. The fourth-order valence-electron chi connectivity index (χ4n) is 2.52. The van der Waals surface area contributed by atoms with E-state index in [4.69, 9.17) is 0 Å². The number of nitrogens with zero attached hydrogens (tertiary/aromatic N) is 1. The van der Waals surface area contributed by atoms with Gasteiger partial charge in [-0.25, -0.2) is 4.98 Å². The minimum atomic E-state index is 0.607. The monoisotopic (exact) mass is 204 g/mol. The molecule has 1 saturated carbocycles. The number of anilines is 1. The van der Waals surface area contributed by atoms with Crippen LogP contribution in [-0.2, 0) is 0 Å². The molecule has 1 aromatic rings. The van der Waals surface area contributed by atoms with Crippen molar-refractivity contribution < 1.29 is 0 Å². The number of hydrogen-bond donors (Lipinski definition) is 1. The summed E-state index contributed by atoms with van der Waals surface area (Å²) in [6.45, 7) is 4.70. The van der Waals surface area contributed by atoms with Gasteiger partial charge in [0.2, 0.25) is 0 Å². The van der Waals surface area contributed by atoms with E-state index < -0.39 is 0 Å². The van der Waals surface area contributed by atoms with Crippen LogP contribution >= 0.6 is 0 Å². The van der Waals surface area contributed by atoms with Crippen LogP contribution in [0.4, 0.5) is 5.82 Å². The molecular formula is C13H20N2. The first-order valence-electron chi connectivity index (χ1n) is 5.93. The lowest BCUT2D eigenvalue weighted by molar-refractivity contribution is 0.276. The quantitative estimate of drug-likeness (QED) is 0.799. The van der Waals surface area contributed by atoms with Crippen molar-refractivity contribution in [1.29, 1.82) is 0 Å². The Kier molecular flexibility index (Phi) is 3.24. The molecule has 2 nitrogen and oxygen atoms in total. The minimum absolute atomic E-state index is 0.607. The molecular weight excluding hydrogens is 184 g/mol. The molecule has 1 fully saturated rings. The summed E-state index contributed by atoms with van der Waals surface area (Å²) in [5, 5.41) is 3.54. The zero-order valence-corrected chi connectivity index (χ0v) is 9.61. The zero-order valence-electron chi connectivity index (χ0n) is 9.61. The van der Waals surface area contributed by atoms with E-state index in [9.17, 15) is 0 Å². The molecule has 0 spiro atoms. The molecule has 0 saturated heterocycles. The Morgan fingerprint density at radius 2 is 2.13 bits per heavy atom. The molecule has 3 atom stereocenters. The van der Waals surface area contributed by atoms with Gasteiger partial charge < -0.3 is 5.32 Å². The lowest BCUT2D eigenvalue weighted by Crippen LogP contribution is -2.33. The van der Waals surface area contributed by atoms with Crippen LogP contribution in [0.5, 0.6) is 0 Å². The van der Waals surface area contributed by atoms with Gasteiger partial charge in [0.05, 0.1) is 0 Å². The average molecular weight is 204 g/mol. The van der Waals surface area contributed by atoms with Crippen molar-refractivity contribution >= 4 is 5.82 Å². The Labute approximate surface area is 92.1 Å². The third-order valence-corrected chi connectivity index (χ3v) is 3.43. The van der Waals surface area contributed by atoms with Gasteiger partial charge in [-0.2, -0.15) is 0 Å². The smallest absolute Gasteiger partial charge is 0.126 e. The summed E-state index contributed by atoms with van der Waals surface area (Å²) in [4.78, 5) is 4.32. The molecule has 0 bridgehead atoms. The molecule has 1 aromatic heterocycles. The van der Waals surface area contributed by atoms with Crippen molar-refractivity contribution in [2.75, 3.05) is 5.32 Å². The summed E-state index contributed by atoms with van der Waals surface area (Å²) in [7, 11) is 0. The van der Waals surface area contributed by atoms with E-state index in [0.717, 1.165) is 17.7 Å². The van der Waals surface area contributed by atoms with Crippen LogP contribution in [0.2, 0.25) is 0 Å². The van der Waals surface area contributed by atoms with Crippen molar-refractivity contribution in [1.82, 2.24) is 4.98 Å². The van der Waals surface area contributed by atoms with Gasteiger partial charge in [-0.3, -0.25) is 0 Å². The first-order chi connectivity index (χ1) is 7.25. The number of hydrogen-bond acceptors (Lipinski definition) is 2. The van der Waals surface area contributed by atoms with Gasteiger partial charge in [0.25, 0.3) is 0 Å². The van der Waals surface area contributed by atoms with E-state index in [0.29, 0.717) is 6.04 Å². The fourth-order valence-corrected chi connectivity index (χ4v) is 2.52. The van der Waals surface area contributed by atoms with Crippen LogP contribution in [0, 0.1) is 11.8 Å². The second-order valence-corrected chi connectivity index (χ2v) is 4.86. The Morgan fingerprint density at radius 1 is 1.27 bits per heavy atom. The van der Waals surface area contributed by atoms with E-state index in [1.807, 2.05) is 24.4 Å². The Bertz CT molecular complexity index is 297. The van der Waals surface area contributed by atoms with Crippen molar-refractivity contribution in [3.63, 3.8) is 0 Å². The van der Waals surface area contributed by atoms with Gasteiger partial charge in [-0.1, -0.05) is 19.9 Å². The third kappa shape index (κ3) is 2.71. The molecule has 1 aliphatic carbocycles. The second kappa shape index (κ2) is 4.65. The highest BCUT2D eigenvalue weighted by atomic mass is 15.0. The molecule has 82 valence electrons. The summed E-state index contributed by atoms with van der Waals surface area (Å²) >= 11 is 0. The van der Waals surface area contributed by atoms with Crippen molar-refractivity contribution in [3.05, 3.63) is 24.4 Å². The second-order valence-electron chi connectivity index (χ2n) is 4.86. The molecule has 2 rings (SSSR count). The number of nitrogens with one attached hydrogen (secondary N) is 1. The Balaban J connectivity index is 1.95. The summed E-state index contributed by atoms with van der Waals surface area (Å²) in [6.07, 6.45) is 5.80. The van der Waals surface area contributed by atoms with Crippen molar-refractivity contribution in [3.8, 4) is 0 Å². The molecule has 0 aromatic carbocycles. The highest BCUT2D eigenvalue weighted by molar-refractivity contribution is 5.34. The molecule has 2 heteroatoms. The topological polar surface area (TPSA) is 24.9 Å². The standard InChI is InChI=1S/C13H20N2/c1-10-6-7-12(11(2)9-10)15-13-5-3-4-8-14-13/h3-5,8,10-12H,6-7,9H2,1-2H3,(H,14,15). The van der Waals surface area contributed by atoms with Crippen LogP contribution in [0.1, 0.15) is 33.1 Å². The maximum Gasteiger partial charge on any atom is 0.126 e. The molecule has 3 unspecified atom stereocenters. The molecule has 0 aliphatic heterocycles. The predicted molar refractivity (Wildman–Crippen MR) is 63.8 cm³/mol. The summed E-state index contributed by atoms with van der Waals surface area (Å²) < 4.78 is 0. The van der Waals surface area contributed by atoms with Gasteiger partial charge in [0, 0.05) is 12.2 Å². The summed E-state index contributed by atoms with van der Waals surface area (Å²) in [5.74, 6) is 2.67. The Hall–Kier alpha value is -1.05. The summed E-state index contributed by atoms with van der Waals surface area (Å²) in [5.41, 5.74) is 0. The van der Waals surface area contributed by atoms with E-state index >= 15 is 0 Å². The van der Waals surface area contributed by atoms with E-state index in [-0.39, 0.29) is 0 Å². The maximum atomic E-state index is 4.32. The number of rotatable bonds is 2. The third-order valence-electron chi connectivity index (χ3n) is 3.43. The van der Waals surface area contributed by atoms with E-state index in [1.165, 1.54) is 19.3 Å². The maximum absolute atomic E-state index is 4.32. The van der Waals surface area contributed by atoms with Crippen LogP contribution < -0.4 is 5.32 Å². The average Bonchev–Trinajstić information content (AvgIpc) is 2.24. The molecule has 15 heavy (non-hydrogen) atoms. The van der Waals surface area contributed by atoms with Gasteiger partial charge >= 0.3 is 0 Å². The first kappa shape index (κ1) is 10.5. The fraction of sp³-hybridized carbons (Fsp3) is 0.615. The van der Waals surface area contributed by atoms with E-state index in [2.05, 4.69) is 24.1 Å². The molecule has 0 radical (unpaired) electrons. The normalized spacial score (nSPS) is 31.2. The van der Waals surface area contributed by atoms with Crippen molar-refractivity contribution in [2.45, 2.75) is 39.2 Å². The van der Waals surface area contributed by atoms with Gasteiger partial charge in [0.1, 0.15) is 5.82 Å². The highest BCUT2D eigenvalue weighted by Crippen LogP contribution is 2.30. The van der Waals surface area contributed by atoms with Crippen LogP contribution in [0.15, 0.2) is 24.4 Å². The van der Waals surface area contributed by atoms with Crippen LogP contribution in [-0.4, -0.2) is 11.0 Å². The SMILES string of the molecule is CC1CCC(Nc2ccccn2)C(C)C1. The summed E-state index contributed by atoms with van der Waals surface area (Å²) in [6, 6.07) is 6.64. The van der Waals surface area contributed by atoms with Crippen LogP contribution in [0.25, 0.3) is 0 Å². The number of pyridine rings is 1. The Morgan fingerprint density at radius 3 is 2.80 bits per heavy atom. The molecule has 1 N–H and O–H groups in total. The lowest BCUT2D eigenvalue weighted by atomic mass is 9.80. The van der Waals surface area contributed by atoms with Crippen LogP contribution in [0.3, 0.4) is 0 Å². The number of aromatic nitrogens is 1. The van der Waals surface area contributed by atoms with Gasteiger partial charge in [-0.05, 0) is 43.2 Å². The van der Waals surface area contributed by atoms with Gasteiger partial charge in [-0.15, -0.1) is 0 Å². The molecule has 1 aliphatic rings. The largest absolute Gasteiger partial charge is 0.367 e. The first-order valence-corrected chi connectivity index (χ1v) is 5.93. The van der Waals surface area contributed by atoms with E-state index in [1.54, 1.807) is 0 Å². The predicted octanol–water partition coefficient (Wildman–Crippen LogP) is 3.32.